The quantitative estimate of drug-likeness (QED) is 0.914. The number of likely N-dealkylation sites (tertiary alicyclic amines) is 1. The van der Waals surface area contributed by atoms with E-state index in [2.05, 4.69) is 0 Å². The van der Waals surface area contributed by atoms with E-state index in [1.165, 1.54) is 12.1 Å². The van der Waals surface area contributed by atoms with Crippen LogP contribution in [0.3, 0.4) is 0 Å². The molecule has 22 heavy (non-hydrogen) atoms. The van der Waals surface area contributed by atoms with Crippen molar-refractivity contribution >= 4 is 15.7 Å². The first-order valence-electron chi connectivity index (χ1n) is 7.73. The summed E-state index contributed by atoms with van der Waals surface area (Å²) < 4.78 is 23.6. The number of hydrogen-bond acceptors (Lipinski definition) is 4. The molecule has 1 fully saturated rings. The standard InChI is InChI=1S/C16H24N2O3S/c1-3-22(20,21)15-8-6-13(7-9-15)16(19)18-10-4-5-14(11-18)12(2)17/h6-9,12,14H,3-5,10-11,17H2,1-2H3/t12-,14-/m1/s1. The van der Waals surface area contributed by atoms with Crippen molar-refractivity contribution in [1.82, 2.24) is 4.90 Å². The van der Waals surface area contributed by atoms with Gasteiger partial charge in [0, 0.05) is 24.7 Å². The van der Waals surface area contributed by atoms with E-state index in [1.807, 2.05) is 11.8 Å². The van der Waals surface area contributed by atoms with Crippen molar-refractivity contribution in [2.75, 3.05) is 18.8 Å². The minimum Gasteiger partial charge on any atom is -0.338 e. The Balaban J connectivity index is 2.13. The average Bonchev–Trinajstić information content (AvgIpc) is 2.54. The molecule has 0 spiro atoms. The summed E-state index contributed by atoms with van der Waals surface area (Å²) >= 11 is 0. The maximum absolute atomic E-state index is 12.5. The van der Waals surface area contributed by atoms with Gasteiger partial charge in [0.15, 0.2) is 9.84 Å². The van der Waals surface area contributed by atoms with Gasteiger partial charge in [-0.2, -0.15) is 0 Å². The Bertz CT molecular complexity index is 623. The molecule has 1 amide bonds. The Kier molecular flexibility index (Phi) is 5.24. The van der Waals surface area contributed by atoms with Gasteiger partial charge >= 0.3 is 0 Å². The highest BCUT2D eigenvalue weighted by molar-refractivity contribution is 7.91. The number of benzene rings is 1. The summed E-state index contributed by atoms with van der Waals surface area (Å²) in [6.45, 7) is 4.99. The molecule has 2 N–H and O–H groups in total. The fourth-order valence-electron chi connectivity index (χ4n) is 2.78. The van der Waals surface area contributed by atoms with Crippen LogP contribution in [0.2, 0.25) is 0 Å². The lowest BCUT2D eigenvalue weighted by atomic mass is 9.92. The van der Waals surface area contributed by atoms with E-state index >= 15 is 0 Å². The number of carbonyl (C=O) groups excluding carboxylic acids is 1. The summed E-state index contributed by atoms with van der Waals surface area (Å²) in [6.07, 6.45) is 2.01. The third-order valence-corrected chi connectivity index (χ3v) is 6.08. The topological polar surface area (TPSA) is 80.5 Å². The summed E-state index contributed by atoms with van der Waals surface area (Å²) in [5, 5.41) is 0. The van der Waals surface area contributed by atoms with Crippen LogP contribution in [0.1, 0.15) is 37.0 Å². The molecule has 0 saturated carbocycles. The van der Waals surface area contributed by atoms with E-state index < -0.39 is 9.84 Å². The number of piperidine rings is 1. The third-order valence-electron chi connectivity index (χ3n) is 4.33. The van der Waals surface area contributed by atoms with Crippen molar-refractivity contribution in [3.05, 3.63) is 29.8 Å². The Hall–Kier alpha value is -1.40. The highest BCUT2D eigenvalue weighted by Crippen LogP contribution is 2.21. The molecule has 0 aromatic heterocycles. The van der Waals surface area contributed by atoms with Crippen molar-refractivity contribution in [1.29, 1.82) is 0 Å². The number of nitrogens with two attached hydrogens (primary N) is 1. The Morgan fingerprint density at radius 3 is 2.55 bits per heavy atom. The first-order valence-corrected chi connectivity index (χ1v) is 9.38. The number of carbonyl (C=O) groups is 1. The summed E-state index contributed by atoms with van der Waals surface area (Å²) in [4.78, 5) is 14.6. The largest absolute Gasteiger partial charge is 0.338 e. The molecule has 0 radical (unpaired) electrons. The predicted molar refractivity (Wildman–Crippen MR) is 86.4 cm³/mol. The molecule has 1 heterocycles. The van der Waals surface area contributed by atoms with Crippen LogP contribution in [-0.2, 0) is 9.84 Å². The Morgan fingerprint density at radius 1 is 1.36 bits per heavy atom. The first-order chi connectivity index (χ1) is 10.3. The second kappa shape index (κ2) is 6.79. The lowest BCUT2D eigenvalue weighted by Gasteiger charge is -2.34. The summed E-state index contributed by atoms with van der Waals surface area (Å²) in [5.41, 5.74) is 6.47. The van der Waals surface area contributed by atoms with E-state index in [1.54, 1.807) is 19.1 Å². The molecule has 1 saturated heterocycles. The van der Waals surface area contributed by atoms with Crippen molar-refractivity contribution < 1.29 is 13.2 Å². The molecule has 2 atom stereocenters. The molecule has 0 aliphatic carbocycles. The molecule has 1 aliphatic heterocycles. The Morgan fingerprint density at radius 2 is 2.00 bits per heavy atom. The van der Waals surface area contributed by atoms with Gasteiger partial charge in [0.05, 0.1) is 10.6 Å². The fourth-order valence-corrected chi connectivity index (χ4v) is 3.66. The van der Waals surface area contributed by atoms with Crippen LogP contribution < -0.4 is 5.73 Å². The monoisotopic (exact) mass is 324 g/mol. The summed E-state index contributed by atoms with van der Waals surface area (Å²) in [5.74, 6) is 0.339. The molecule has 2 rings (SSSR count). The number of hydrogen-bond donors (Lipinski definition) is 1. The molecule has 5 nitrogen and oxygen atoms in total. The van der Waals surface area contributed by atoms with Gasteiger partial charge in [0.1, 0.15) is 0 Å². The number of sulfone groups is 1. The second-order valence-corrected chi connectivity index (χ2v) is 8.22. The molecule has 1 aromatic rings. The van der Waals surface area contributed by atoms with Crippen LogP contribution >= 0.6 is 0 Å². The first kappa shape index (κ1) is 17.0. The zero-order chi connectivity index (χ0) is 16.3. The normalized spacial score (nSPS) is 20.7. The number of amides is 1. The van der Waals surface area contributed by atoms with Gasteiger partial charge in [-0.1, -0.05) is 6.92 Å². The van der Waals surface area contributed by atoms with Gasteiger partial charge in [-0.15, -0.1) is 0 Å². The molecule has 1 aliphatic rings. The molecule has 0 bridgehead atoms. The number of rotatable bonds is 4. The van der Waals surface area contributed by atoms with Crippen LogP contribution in [0.25, 0.3) is 0 Å². The minimum absolute atomic E-state index is 0.0502. The van der Waals surface area contributed by atoms with Crippen LogP contribution in [0, 0.1) is 5.92 Å². The van der Waals surface area contributed by atoms with Crippen LogP contribution in [0.5, 0.6) is 0 Å². The van der Waals surface area contributed by atoms with Crippen molar-refractivity contribution in [2.45, 2.75) is 37.6 Å². The molecule has 122 valence electrons. The zero-order valence-electron chi connectivity index (χ0n) is 13.2. The highest BCUT2D eigenvalue weighted by Gasteiger charge is 2.26. The molecule has 0 unspecified atom stereocenters. The maximum atomic E-state index is 12.5. The van der Waals surface area contributed by atoms with Gasteiger partial charge in [-0.25, -0.2) is 8.42 Å². The van der Waals surface area contributed by atoms with Gasteiger partial charge < -0.3 is 10.6 Å². The number of nitrogens with zero attached hydrogens (tertiary/aromatic N) is 1. The van der Waals surface area contributed by atoms with Gasteiger partial charge in [-0.3, -0.25) is 4.79 Å². The molecule has 6 heteroatoms. The smallest absolute Gasteiger partial charge is 0.253 e. The van der Waals surface area contributed by atoms with Crippen LogP contribution in [-0.4, -0.2) is 44.1 Å². The van der Waals surface area contributed by atoms with E-state index in [0.29, 0.717) is 18.0 Å². The van der Waals surface area contributed by atoms with Crippen molar-refractivity contribution in [3.63, 3.8) is 0 Å². The van der Waals surface area contributed by atoms with Crippen molar-refractivity contribution in [2.24, 2.45) is 11.7 Å². The highest BCUT2D eigenvalue weighted by atomic mass is 32.2. The minimum atomic E-state index is -3.23. The van der Waals surface area contributed by atoms with E-state index in [9.17, 15) is 13.2 Å². The Labute approximate surface area is 132 Å². The molecular formula is C16H24N2O3S. The second-order valence-electron chi connectivity index (χ2n) is 5.94. The van der Waals surface area contributed by atoms with E-state index in [4.69, 9.17) is 5.73 Å². The SMILES string of the molecule is CCS(=O)(=O)c1ccc(C(=O)N2CCC[C@@H]([C@@H](C)N)C2)cc1. The average molecular weight is 324 g/mol. The summed E-state index contributed by atoms with van der Waals surface area (Å²) in [7, 11) is -3.23. The van der Waals surface area contributed by atoms with E-state index in [0.717, 1.165) is 19.4 Å². The maximum Gasteiger partial charge on any atom is 0.253 e. The molecular weight excluding hydrogens is 300 g/mol. The lowest BCUT2D eigenvalue weighted by Crippen LogP contribution is -2.45. The zero-order valence-corrected chi connectivity index (χ0v) is 14.0. The lowest BCUT2D eigenvalue weighted by molar-refractivity contribution is 0.0661. The van der Waals surface area contributed by atoms with Gasteiger partial charge in [0.2, 0.25) is 0 Å². The van der Waals surface area contributed by atoms with E-state index in [-0.39, 0.29) is 22.6 Å². The van der Waals surface area contributed by atoms with Crippen molar-refractivity contribution in [3.8, 4) is 0 Å². The van der Waals surface area contributed by atoms with Crippen LogP contribution in [0.4, 0.5) is 0 Å². The fraction of sp³-hybridized carbons (Fsp3) is 0.562. The summed E-state index contributed by atoms with van der Waals surface area (Å²) in [6, 6.07) is 6.30. The predicted octanol–water partition coefficient (Wildman–Crippen LogP) is 1.68. The van der Waals surface area contributed by atoms with Gasteiger partial charge in [0.25, 0.3) is 5.91 Å². The van der Waals surface area contributed by atoms with Gasteiger partial charge in [-0.05, 0) is 49.9 Å². The third kappa shape index (κ3) is 3.67. The molecule has 1 aromatic carbocycles. The van der Waals surface area contributed by atoms with Crippen LogP contribution in [0.15, 0.2) is 29.2 Å².